The van der Waals surface area contributed by atoms with Crippen LogP contribution in [-0.2, 0) is 49.1 Å². The van der Waals surface area contributed by atoms with Crippen molar-refractivity contribution in [2.75, 3.05) is 13.9 Å². The van der Waals surface area contributed by atoms with Gasteiger partial charge in [0.1, 0.15) is 19.0 Å². The first-order chi connectivity index (χ1) is 20.1. The number of aryl methyl sites for hydroxylation is 1. The van der Waals surface area contributed by atoms with Gasteiger partial charge in [-0.2, -0.15) is 8.42 Å². The van der Waals surface area contributed by atoms with Crippen LogP contribution in [0.25, 0.3) is 0 Å². The molecule has 0 radical (unpaired) electrons. The number of esters is 1. The van der Waals surface area contributed by atoms with Crippen LogP contribution in [0.3, 0.4) is 0 Å². The number of carbonyl (C=O) groups excluding carboxylic acids is 1. The highest BCUT2D eigenvalue weighted by Gasteiger charge is 2.60. The zero-order valence-electron chi connectivity index (χ0n) is 26.4. The first-order valence-electron chi connectivity index (χ1n) is 14.8. The molecular weight excluding hydrogens is 588 g/mol. The Bertz CT molecular complexity index is 1320. The average molecular weight is 635 g/mol. The third-order valence-corrected chi connectivity index (χ3v) is 14.8. The summed E-state index contributed by atoms with van der Waals surface area (Å²) in [6, 6.07) is 16.2. The van der Waals surface area contributed by atoms with E-state index < -0.39 is 66.8 Å². The zero-order chi connectivity index (χ0) is 31.6. The fourth-order valence-electron chi connectivity index (χ4n) is 5.58. The maximum Gasteiger partial charge on any atom is 0.312 e. The molecule has 43 heavy (non-hydrogen) atoms. The zero-order valence-corrected chi connectivity index (χ0v) is 28.3. The molecule has 7 atom stereocenters. The van der Waals surface area contributed by atoms with Crippen LogP contribution >= 0.6 is 0 Å². The number of carbonyl (C=O) groups is 1. The van der Waals surface area contributed by atoms with Crippen LogP contribution in [0.15, 0.2) is 59.5 Å². The molecule has 0 aromatic heterocycles. The van der Waals surface area contributed by atoms with Crippen LogP contribution in [0.2, 0.25) is 18.1 Å². The Morgan fingerprint density at radius 2 is 1.60 bits per heavy atom. The summed E-state index contributed by atoms with van der Waals surface area (Å²) in [5.41, 5.74) is 1.89. The van der Waals surface area contributed by atoms with Gasteiger partial charge < -0.3 is 23.4 Å². The lowest BCUT2D eigenvalue weighted by Crippen LogP contribution is -2.65. The van der Waals surface area contributed by atoms with E-state index in [1.54, 1.807) is 19.1 Å². The molecule has 2 aromatic rings. The minimum absolute atomic E-state index is 0.0230. The largest absolute Gasteiger partial charge is 0.460 e. The Morgan fingerprint density at radius 1 is 0.953 bits per heavy atom. The quantitative estimate of drug-likeness (QED) is 0.135. The summed E-state index contributed by atoms with van der Waals surface area (Å²) in [4.78, 5) is 13.7. The molecule has 2 aliphatic rings. The number of benzene rings is 2. The molecule has 1 aliphatic carbocycles. The van der Waals surface area contributed by atoms with Crippen molar-refractivity contribution in [3.8, 4) is 0 Å². The van der Waals surface area contributed by atoms with Crippen molar-refractivity contribution < 1.29 is 40.8 Å². The average Bonchev–Trinajstić information content (AvgIpc) is 2.93. The van der Waals surface area contributed by atoms with Crippen molar-refractivity contribution >= 4 is 24.4 Å². The molecule has 1 aliphatic heterocycles. The molecule has 0 unspecified atom stereocenters. The van der Waals surface area contributed by atoms with E-state index in [-0.39, 0.29) is 16.7 Å². The first-order valence-corrected chi connectivity index (χ1v) is 19.1. The Labute approximate surface area is 257 Å². The molecule has 9 nitrogen and oxygen atoms in total. The second-order valence-electron chi connectivity index (χ2n) is 13.1. The smallest absolute Gasteiger partial charge is 0.312 e. The molecule has 11 heteroatoms. The fourth-order valence-corrected chi connectivity index (χ4v) is 8.09. The third-order valence-electron chi connectivity index (χ3n) is 8.93. The number of rotatable bonds is 11. The lowest BCUT2D eigenvalue weighted by atomic mass is 9.69. The van der Waals surface area contributed by atoms with E-state index in [0.717, 1.165) is 11.1 Å². The molecule has 2 fully saturated rings. The number of hydrogen-bond acceptors (Lipinski definition) is 9. The maximum atomic E-state index is 13.7. The first kappa shape index (κ1) is 33.8. The molecule has 4 rings (SSSR count). The number of cyclic esters (lactones) is 1. The van der Waals surface area contributed by atoms with E-state index >= 15 is 0 Å². The van der Waals surface area contributed by atoms with Crippen LogP contribution in [0.1, 0.15) is 45.2 Å². The van der Waals surface area contributed by atoms with Crippen LogP contribution < -0.4 is 0 Å². The standard InChI is InChI=1S/C32H46O9SSi/c1-21-14-16-24(17-15-21)42(34,35)40-29-22(2)39-31(33)27-25(41-43(7,8)32(3,4)5)18-26(30(28(27)29)38-20-36-6)37-19-23-12-10-9-11-13-23/h9-17,22,25-30H,18-20H2,1-8H3/t22-,25+,26-,27-,28-,29-,30+/m0/s1. The molecule has 1 saturated carbocycles. The highest BCUT2D eigenvalue weighted by molar-refractivity contribution is 7.86. The van der Waals surface area contributed by atoms with Gasteiger partial charge in [0.25, 0.3) is 10.1 Å². The fraction of sp³-hybridized carbons (Fsp3) is 0.594. The van der Waals surface area contributed by atoms with Crippen LogP contribution in [0.5, 0.6) is 0 Å². The maximum absolute atomic E-state index is 13.7. The van der Waals surface area contributed by atoms with E-state index in [2.05, 4.69) is 33.9 Å². The normalized spacial score (nSPS) is 28.3. The predicted octanol–water partition coefficient (Wildman–Crippen LogP) is 5.62. The Balaban J connectivity index is 1.77. The monoisotopic (exact) mass is 634 g/mol. The van der Waals surface area contributed by atoms with Gasteiger partial charge in [-0.15, -0.1) is 0 Å². The van der Waals surface area contributed by atoms with Gasteiger partial charge in [-0.1, -0.05) is 68.8 Å². The van der Waals surface area contributed by atoms with Gasteiger partial charge in [-0.25, -0.2) is 0 Å². The van der Waals surface area contributed by atoms with Crippen molar-refractivity contribution in [3.63, 3.8) is 0 Å². The summed E-state index contributed by atoms with van der Waals surface area (Å²) in [6.45, 7) is 14.4. The van der Waals surface area contributed by atoms with Crippen molar-refractivity contribution in [1.82, 2.24) is 0 Å². The van der Waals surface area contributed by atoms with Gasteiger partial charge in [0.15, 0.2) is 8.32 Å². The lowest BCUT2D eigenvalue weighted by Gasteiger charge is -2.53. The number of fused-ring (bicyclic) bond motifs is 1. The molecule has 0 bridgehead atoms. The minimum Gasteiger partial charge on any atom is -0.460 e. The molecular formula is C32H46O9SSi. The van der Waals surface area contributed by atoms with Gasteiger partial charge in [0, 0.05) is 19.4 Å². The summed E-state index contributed by atoms with van der Waals surface area (Å²) >= 11 is 0. The summed E-state index contributed by atoms with van der Waals surface area (Å²) in [7, 11) is -5.10. The Morgan fingerprint density at radius 3 is 2.21 bits per heavy atom. The molecule has 1 saturated heterocycles. The van der Waals surface area contributed by atoms with Crippen molar-refractivity contribution in [3.05, 3.63) is 65.7 Å². The number of hydrogen-bond donors (Lipinski definition) is 0. The summed E-state index contributed by atoms with van der Waals surface area (Å²) in [5, 5.41) is -0.136. The van der Waals surface area contributed by atoms with Crippen LogP contribution in [0, 0.1) is 18.8 Å². The number of ether oxygens (including phenoxy) is 4. The van der Waals surface area contributed by atoms with Crippen molar-refractivity contribution in [1.29, 1.82) is 0 Å². The topological polar surface area (TPSA) is 107 Å². The molecule has 2 aromatic carbocycles. The highest BCUT2D eigenvalue weighted by Crippen LogP contribution is 2.47. The Kier molecular flexibility index (Phi) is 10.6. The van der Waals surface area contributed by atoms with E-state index in [1.165, 1.54) is 19.2 Å². The van der Waals surface area contributed by atoms with Gasteiger partial charge in [-0.05, 0) is 49.7 Å². The molecule has 1 heterocycles. The molecule has 0 spiro atoms. The number of methoxy groups -OCH3 is 1. The lowest BCUT2D eigenvalue weighted by molar-refractivity contribution is -0.239. The van der Waals surface area contributed by atoms with Gasteiger partial charge >= 0.3 is 5.97 Å². The van der Waals surface area contributed by atoms with Gasteiger partial charge in [0.2, 0.25) is 0 Å². The van der Waals surface area contributed by atoms with Gasteiger partial charge in [0.05, 0.1) is 35.7 Å². The third kappa shape index (κ3) is 7.76. The van der Waals surface area contributed by atoms with Crippen LogP contribution in [-0.4, -0.2) is 67.1 Å². The summed E-state index contributed by atoms with van der Waals surface area (Å²) in [5.74, 6) is -2.04. The molecule has 238 valence electrons. The predicted molar refractivity (Wildman–Crippen MR) is 164 cm³/mol. The molecule has 0 N–H and O–H groups in total. The second kappa shape index (κ2) is 13.5. The summed E-state index contributed by atoms with van der Waals surface area (Å²) in [6.07, 6.45) is -3.44. The van der Waals surface area contributed by atoms with E-state index in [0.29, 0.717) is 13.0 Å². The summed E-state index contributed by atoms with van der Waals surface area (Å²) < 4.78 is 63.9. The Hall–Kier alpha value is -2.12. The van der Waals surface area contributed by atoms with E-state index in [1.807, 2.05) is 37.3 Å². The van der Waals surface area contributed by atoms with E-state index in [9.17, 15) is 13.2 Å². The van der Waals surface area contributed by atoms with Crippen molar-refractivity contribution in [2.24, 2.45) is 11.8 Å². The minimum atomic E-state index is -4.22. The highest BCUT2D eigenvalue weighted by atomic mass is 32.2. The van der Waals surface area contributed by atoms with Gasteiger partial charge in [-0.3, -0.25) is 8.98 Å². The SMILES string of the molecule is COCO[C@H]1[C@@H]2[C@@H](OS(=O)(=O)c3ccc(C)cc3)[C@H](C)OC(=O)[C@H]2[C@H](O[Si](C)(C)C(C)(C)C)C[C@@H]1OCc1ccccc1. The second-order valence-corrected chi connectivity index (χ2v) is 19.4. The molecule has 0 amide bonds. The van der Waals surface area contributed by atoms with Crippen molar-refractivity contribution in [2.45, 2.75) is 101 Å². The van der Waals surface area contributed by atoms with E-state index in [4.69, 9.17) is 27.6 Å². The van der Waals surface area contributed by atoms with Crippen LogP contribution in [0.4, 0.5) is 0 Å².